The van der Waals surface area contributed by atoms with Crippen molar-refractivity contribution in [2.24, 2.45) is 0 Å². The third-order valence-corrected chi connectivity index (χ3v) is 30.4. The SMILES string of the molecule is CC(C)S(=O)(=O)c1ccccc1Nc1nc(Nc2ccc(P(C)(C)=O)cc2)ncc1Cl.COc1cc(N2CCC(N3CCN(C)CC3)CC2)ccc1Nc1ncc(Cl)c(Nc2ccc(P(C)(C)=O)cc2)n1.CP(C)(=O)c1ccc(Nc2ncc(Cl)c(Nc3ccc(N4CCOCC4)cc3)n2)cc1.CP(C)(=O)c1ccc(Nc2ncc(Cl)c(Nc3ccccc3)n2)cc1. The van der Waals surface area contributed by atoms with Gasteiger partial charge in [-0.1, -0.05) is 76.7 Å². The Labute approximate surface area is 763 Å². The molecular weight excluding hydrogens is 1790 g/mol. The maximum Gasteiger partial charge on any atom is 0.229 e. The highest BCUT2D eigenvalue weighted by Gasteiger charge is 2.29. The molecule has 12 aromatic rings. The Morgan fingerprint density at radius 1 is 0.394 bits per heavy atom. The number of rotatable bonds is 26. The fourth-order valence-electron chi connectivity index (χ4n) is 13.5. The van der Waals surface area contributed by atoms with Gasteiger partial charge in [0.2, 0.25) is 23.8 Å². The minimum atomic E-state index is -3.50. The van der Waals surface area contributed by atoms with Gasteiger partial charge in [-0.25, -0.2) is 28.4 Å². The van der Waals surface area contributed by atoms with Crippen molar-refractivity contribution >= 4 is 210 Å². The summed E-state index contributed by atoms with van der Waals surface area (Å²) in [4.78, 5) is 44.9. The second-order valence-corrected chi connectivity index (χ2v) is 49.2. The van der Waals surface area contributed by atoms with E-state index in [-0.39, 0.29) is 21.7 Å². The lowest BCUT2D eigenvalue weighted by molar-refractivity contribution is 0.0982. The summed E-state index contributed by atoms with van der Waals surface area (Å²) in [6.45, 7) is 27.3. The Bertz CT molecular complexity index is 6050. The summed E-state index contributed by atoms with van der Waals surface area (Å²) in [7, 11) is -8.81. The van der Waals surface area contributed by atoms with Gasteiger partial charge in [0.05, 0.1) is 66.6 Å². The molecule has 4 aromatic heterocycles. The number of para-hydroxylation sites is 2. The molecule has 0 saturated carbocycles. The highest BCUT2D eigenvalue weighted by Crippen LogP contribution is 2.41. The van der Waals surface area contributed by atoms with Crippen LogP contribution in [0.1, 0.15) is 26.7 Å². The van der Waals surface area contributed by atoms with E-state index < -0.39 is 43.7 Å². The van der Waals surface area contributed by atoms with Crippen LogP contribution in [-0.4, -0.2) is 202 Å². The molecular formula is C90H106Cl4N20O8P4S. The maximum atomic E-state index is 12.7. The van der Waals surface area contributed by atoms with Crippen LogP contribution < -0.4 is 78.3 Å². The van der Waals surface area contributed by atoms with Crippen LogP contribution in [0.4, 0.5) is 104 Å². The summed E-state index contributed by atoms with van der Waals surface area (Å²) in [6, 6.07) is 60.8. The summed E-state index contributed by atoms with van der Waals surface area (Å²) in [5.41, 5.74) is 8.38. The lowest BCUT2D eigenvalue weighted by Crippen LogP contribution is -2.52. The Kier molecular flexibility index (Phi) is 32.7. The molecule has 0 amide bonds. The van der Waals surface area contributed by atoms with Crippen LogP contribution in [0.3, 0.4) is 0 Å². The number of anilines is 18. The average molecular weight is 1890 g/mol. The number of benzene rings is 8. The number of aromatic nitrogens is 8. The van der Waals surface area contributed by atoms with E-state index in [1.807, 2.05) is 121 Å². The zero-order valence-corrected chi connectivity index (χ0v) is 80.2. The van der Waals surface area contributed by atoms with Crippen molar-refractivity contribution < 1.29 is 36.2 Å². The number of piperidine rings is 1. The number of morpholine rings is 1. The van der Waals surface area contributed by atoms with E-state index in [9.17, 15) is 26.7 Å². The van der Waals surface area contributed by atoms with Crippen molar-refractivity contribution in [1.29, 1.82) is 0 Å². The first kappa shape index (κ1) is 95.9. The summed E-state index contributed by atoms with van der Waals surface area (Å²) in [5, 5.41) is 29.5. The van der Waals surface area contributed by atoms with Crippen molar-refractivity contribution in [3.8, 4) is 5.75 Å². The molecule has 0 aliphatic carbocycles. The summed E-state index contributed by atoms with van der Waals surface area (Å²) in [6.07, 6.45) is 8.45. The second-order valence-electron chi connectivity index (χ2n) is 32.2. The standard InChI is InChI=1S/C29H39ClN7O2P.C22H25ClN5O2P.C21H24ClN4O3PS.C18H18ClN4OP/c1-35-15-17-37(18-16-35)22-11-13-36(14-12-22)23-7-10-26(27(19-23)39-2)33-29-31-20-25(30)28(34-29)32-21-5-8-24(9-6-21)40(3,4)38;1-31(2,29)19-9-5-17(6-10-19)26-22-24-15-20(23)21(27-22)25-16-3-7-18(8-4-16)28-11-13-30-14-12-28;1-14(2)31(28,29)19-8-6-5-7-18(19)25-20-17(22)13-23-21(26-20)24-15-9-11-16(12-10-15)30(3,4)27;1-25(2,24)15-10-8-14(9-11-15)22-18-20-12-16(19)17(23-18)21-13-6-4-3-5-7-13/h5-10,19-20,22H,11-18H2,1-4H3,(H2,31,32,33,34);3-10,15H,11-14H2,1-2H3,(H2,24,25,26,27);5-14H,1-4H3,(H2,23,24,25,26);3-12H,1-2H3,(H2,20,21,22,23). The molecule has 8 N–H and O–H groups in total. The number of hydrogen-bond donors (Lipinski definition) is 8. The summed E-state index contributed by atoms with van der Waals surface area (Å²) >= 11 is 25.1. The predicted octanol–water partition coefficient (Wildman–Crippen LogP) is 19.7. The van der Waals surface area contributed by atoms with Crippen molar-refractivity contribution in [1.82, 2.24) is 49.7 Å². The van der Waals surface area contributed by atoms with E-state index in [1.54, 1.807) is 141 Å². The van der Waals surface area contributed by atoms with E-state index in [0.717, 1.165) is 125 Å². The van der Waals surface area contributed by atoms with Gasteiger partial charge in [0, 0.05) is 131 Å². The number of sulfone groups is 1. The highest BCUT2D eigenvalue weighted by atomic mass is 35.5. The van der Waals surface area contributed by atoms with Crippen LogP contribution in [0.25, 0.3) is 0 Å². The van der Waals surface area contributed by atoms with Gasteiger partial charge < -0.3 is 85.0 Å². The van der Waals surface area contributed by atoms with Crippen molar-refractivity contribution in [2.75, 3.05) is 185 Å². The molecule has 0 atom stereocenters. The lowest BCUT2D eigenvalue weighted by atomic mass is 10.0. The van der Waals surface area contributed by atoms with Gasteiger partial charge in [0.1, 0.15) is 54.4 Å². The number of ether oxygens (including phenoxy) is 2. The summed E-state index contributed by atoms with van der Waals surface area (Å²) < 4.78 is 85.3. The van der Waals surface area contributed by atoms with Crippen LogP contribution in [0.2, 0.25) is 20.1 Å². The predicted molar refractivity (Wildman–Crippen MR) is 529 cm³/mol. The first-order chi connectivity index (χ1) is 60.5. The molecule has 3 fully saturated rings. The lowest BCUT2D eigenvalue weighted by Gasteiger charge is -2.42. The molecule has 0 unspecified atom stereocenters. The highest BCUT2D eigenvalue weighted by molar-refractivity contribution is 7.92. The molecule has 37 heteroatoms. The van der Waals surface area contributed by atoms with Crippen LogP contribution in [0, 0.1) is 0 Å². The molecule has 8 aromatic carbocycles. The van der Waals surface area contributed by atoms with Crippen LogP contribution >= 0.6 is 75.0 Å². The molecule has 0 radical (unpaired) electrons. The zero-order chi connectivity index (χ0) is 90.8. The van der Waals surface area contributed by atoms with E-state index in [2.05, 4.69) is 133 Å². The number of hydrogen-bond acceptors (Lipinski definition) is 28. The molecule has 668 valence electrons. The van der Waals surface area contributed by atoms with Crippen LogP contribution in [0.5, 0.6) is 5.75 Å². The van der Waals surface area contributed by atoms with Crippen molar-refractivity contribution in [3.63, 3.8) is 0 Å². The average Bonchev–Trinajstić information content (AvgIpc) is 0.808. The van der Waals surface area contributed by atoms with Gasteiger partial charge in [-0.2, -0.15) is 19.9 Å². The quantitative estimate of drug-likeness (QED) is 0.0233. The topological polar surface area (TPSA) is 333 Å². The largest absolute Gasteiger partial charge is 0.494 e. The monoisotopic (exact) mass is 1890 g/mol. The Balaban J connectivity index is 0.000000156. The first-order valence-electron chi connectivity index (χ1n) is 41.0. The van der Waals surface area contributed by atoms with Gasteiger partial charge >= 0.3 is 0 Å². The molecule has 0 bridgehead atoms. The number of nitrogens with zero attached hydrogens (tertiary/aromatic N) is 12. The molecule has 3 saturated heterocycles. The molecule has 3 aliphatic rings. The van der Waals surface area contributed by atoms with Crippen LogP contribution in [-0.2, 0) is 32.8 Å². The number of likely N-dealkylation sites (N-methyl/N-ethyl adjacent to an activating group) is 1. The van der Waals surface area contributed by atoms with Gasteiger partial charge in [-0.15, -0.1) is 0 Å². The van der Waals surface area contributed by atoms with Gasteiger partial charge in [-0.05, 0) is 245 Å². The van der Waals surface area contributed by atoms with E-state index in [0.29, 0.717) is 67.8 Å². The van der Waals surface area contributed by atoms with Crippen molar-refractivity contribution in [3.05, 3.63) is 239 Å². The van der Waals surface area contributed by atoms with Gasteiger partial charge in [-0.3, -0.25) is 4.90 Å². The molecule has 0 spiro atoms. The fraction of sp³-hybridized carbons (Fsp3) is 0.289. The third kappa shape index (κ3) is 27.4. The minimum absolute atomic E-state index is 0.174. The normalized spacial score (nSPS) is 14.2. The van der Waals surface area contributed by atoms with Gasteiger partial charge in [0.25, 0.3) is 0 Å². The Morgan fingerprint density at radius 2 is 0.732 bits per heavy atom. The Morgan fingerprint density at radius 3 is 1.12 bits per heavy atom. The number of methoxy groups -OCH3 is 1. The van der Waals surface area contributed by atoms with E-state index in [1.165, 1.54) is 32.1 Å². The fourth-order valence-corrected chi connectivity index (χ4v) is 18.8. The van der Waals surface area contributed by atoms with Crippen molar-refractivity contribution in [2.45, 2.75) is 42.9 Å². The first-order valence-corrected chi connectivity index (χ1v) is 54.5. The second kappa shape index (κ2) is 43.3. The van der Waals surface area contributed by atoms with Crippen LogP contribution in [0.15, 0.2) is 224 Å². The van der Waals surface area contributed by atoms with Gasteiger partial charge in [0.15, 0.2) is 33.1 Å². The number of nitrogens with one attached hydrogen (secondary N) is 8. The Hall–Kier alpha value is -10.2. The summed E-state index contributed by atoms with van der Waals surface area (Å²) in [5.74, 6) is 4.03. The third-order valence-electron chi connectivity index (χ3n) is 20.9. The zero-order valence-electron chi connectivity index (χ0n) is 72.8. The minimum Gasteiger partial charge on any atom is -0.494 e. The molecule has 28 nitrogen and oxygen atoms in total. The molecule has 3 aliphatic heterocycles. The smallest absolute Gasteiger partial charge is 0.229 e. The number of halogens is 4. The molecule has 15 rings (SSSR count). The van der Waals surface area contributed by atoms with E-state index in [4.69, 9.17) is 55.9 Å². The maximum absolute atomic E-state index is 12.7. The molecule has 127 heavy (non-hydrogen) atoms. The van der Waals surface area contributed by atoms with E-state index >= 15 is 0 Å². The number of piperazine rings is 1. The molecule has 7 heterocycles.